The normalized spacial score (nSPS) is 22.1. The molecule has 144 valence electrons. The van der Waals surface area contributed by atoms with Gasteiger partial charge in [0, 0.05) is 11.1 Å². The Labute approximate surface area is 172 Å². The van der Waals surface area contributed by atoms with Gasteiger partial charge in [0.25, 0.3) is 11.5 Å². The number of methoxy groups -OCH3 is 1. The first kappa shape index (κ1) is 17.8. The fourth-order valence-corrected chi connectivity index (χ4v) is 4.33. The van der Waals surface area contributed by atoms with Crippen molar-refractivity contribution in [3.63, 3.8) is 0 Å². The third-order valence-corrected chi connectivity index (χ3v) is 5.79. The number of hydrogen-bond acceptors (Lipinski definition) is 4. The van der Waals surface area contributed by atoms with E-state index in [9.17, 15) is 4.79 Å². The molecule has 2 heterocycles. The maximum atomic E-state index is 13.3. The standard InChI is InChI=1S/C23H17ClN2O3/c1-28-16-12-10-15(11-13-16)20-19(14-6-3-2-4-7-14)23(29-26-20)17-8-5-9-18(24)21(17)25-22(23)27/h2-13,19H,1H3,(H,25,27)/t19-,23-/m1/s1. The van der Waals surface area contributed by atoms with E-state index in [0.29, 0.717) is 22.0 Å². The van der Waals surface area contributed by atoms with E-state index in [1.54, 1.807) is 13.2 Å². The highest BCUT2D eigenvalue weighted by Gasteiger charge is 2.61. The molecule has 1 N–H and O–H groups in total. The molecule has 0 saturated carbocycles. The number of fused-ring (bicyclic) bond motifs is 2. The van der Waals surface area contributed by atoms with E-state index in [4.69, 9.17) is 21.2 Å². The summed E-state index contributed by atoms with van der Waals surface area (Å²) in [6.45, 7) is 0. The zero-order valence-electron chi connectivity index (χ0n) is 15.6. The monoisotopic (exact) mass is 404 g/mol. The molecular weight excluding hydrogens is 388 g/mol. The molecule has 6 heteroatoms. The van der Waals surface area contributed by atoms with Crippen molar-refractivity contribution in [3.05, 3.63) is 94.5 Å². The van der Waals surface area contributed by atoms with Crippen LogP contribution in [0.2, 0.25) is 5.02 Å². The predicted molar refractivity (Wildman–Crippen MR) is 112 cm³/mol. The smallest absolute Gasteiger partial charge is 0.277 e. The lowest BCUT2D eigenvalue weighted by Gasteiger charge is -2.28. The van der Waals surface area contributed by atoms with Crippen LogP contribution in [0.1, 0.15) is 22.6 Å². The number of rotatable bonds is 3. The van der Waals surface area contributed by atoms with Crippen molar-refractivity contribution >= 4 is 28.9 Å². The van der Waals surface area contributed by atoms with Crippen molar-refractivity contribution in [2.24, 2.45) is 5.16 Å². The number of oxime groups is 1. The lowest BCUT2D eigenvalue weighted by molar-refractivity contribution is -0.139. The van der Waals surface area contributed by atoms with Crippen LogP contribution in [0.4, 0.5) is 5.69 Å². The van der Waals surface area contributed by atoms with Gasteiger partial charge < -0.3 is 14.9 Å². The minimum Gasteiger partial charge on any atom is -0.497 e. The number of amides is 1. The van der Waals surface area contributed by atoms with Gasteiger partial charge in [0.2, 0.25) is 0 Å². The lowest BCUT2D eigenvalue weighted by atomic mass is 9.74. The van der Waals surface area contributed by atoms with Gasteiger partial charge >= 0.3 is 0 Å². The van der Waals surface area contributed by atoms with E-state index in [2.05, 4.69) is 10.5 Å². The Balaban J connectivity index is 1.70. The minimum atomic E-state index is -1.31. The van der Waals surface area contributed by atoms with Crippen LogP contribution in [0.5, 0.6) is 5.75 Å². The molecule has 29 heavy (non-hydrogen) atoms. The molecule has 2 aliphatic heterocycles. The zero-order valence-corrected chi connectivity index (χ0v) is 16.3. The average molecular weight is 405 g/mol. The Morgan fingerprint density at radius 2 is 1.79 bits per heavy atom. The molecule has 3 aromatic rings. The highest BCUT2D eigenvalue weighted by molar-refractivity contribution is 6.35. The number of nitrogens with one attached hydrogen (secondary N) is 1. The maximum absolute atomic E-state index is 13.3. The average Bonchev–Trinajstić information content (AvgIpc) is 3.30. The molecule has 3 aromatic carbocycles. The van der Waals surface area contributed by atoms with Crippen LogP contribution >= 0.6 is 11.6 Å². The zero-order chi connectivity index (χ0) is 20.0. The van der Waals surface area contributed by atoms with Crippen LogP contribution in [-0.4, -0.2) is 18.7 Å². The van der Waals surface area contributed by atoms with Gasteiger partial charge in [-0.05, 0) is 35.9 Å². The van der Waals surface area contributed by atoms with Gasteiger partial charge in [-0.3, -0.25) is 4.79 Å². The number of anilines is 1. The number of halogens is 1. The molecule has 0 aromatic heterocycles. The summed E-state index contributed by atoms with van der Waals surface area (Å²) in [5.41, 5.74) is 2.43. The number of para-hydroxylation sites is 1. The molecule has 0 saturated heterocycles. The van der Waals surface area contributed by atoms with Gasteiger partial charge in [0.1, 0.15) is 5.75 Å². The van der Waals surface area contributed by atoms with Crippen LogP contribution in [0.3, 0.4) is 0 Å². The van der Waals surface area contributed by atoms with E-state index >= 15 is 0 Å². The van der Waals surface area contributed by atoms with E-state index in [1.807, 2.05) is 66.7 Å². The number of ether oxygens (including phenoxy) is 1. The van der Waals surface area contributed by atoms with Crippen LogP contribution in [0.15, 0.2) is 78.0 Å². The van der Waals surface area contributed by atoms with Crippen molar-refractivity contribution in [1.82, 2.24) is 0 Å². The fourth-order valence-electron chi connectivity index (χ4n) is 4.10. The largest absolute Gasteiger partial charge is 0.497 e. The SMILES string of the molecule is COc1ccc(C2=NO[C@@]3(C(=O)Nc4c(Cl)cccc43)[C@@H]2c2ccccc2)cc1. The molecule has 0 bridgehead atoms. The molecule has 0 aliphatic carbocycles. The molecule has 0 fully saturated rings. The fraction of sp³-hybridized carbons (Fsp3) is 0.130. The third-order valence-electron chi connectivity index (χ3n) is 5.48. The molecular formula is C23H17ClN2O3. The van der Waals surface area contributed by atoms with Crippen molar-refractivity contribution < 1.29 is 14.4 Å². The van der Waals surface area contributed by atoms with Gasteiger partial charge in [-0.1, -0.05) is 59.2 Å². The number of carbonyl (C=O) groups excluding carboxylic acids is 1. The summed E-state index contributed by atoms with van der Waals surface area (Å²) in [6, 6.07) is 22.8. The first-order valence-electron chi connectivity index (χ1n) is 9.21. The van der Waals surface area contributed by atoms with E-state index in [0.717, 1.165) is 16.9 Å². The molecule has 1 amide bonds. The Morgan fingerprint density at radius 1 is 1.03 bits per heavy atom. The van der Waals surface area contributed by atoms with E-state index in [1.165, 1.54) is 0 Å². The van der Waals surface area contributed by atoms with Gasteiger partial charge in [-0.2, -0.15) is 0 Å². The molecule has 0 unspecified atom stereocenters. The van der Waals surface area contributed by atoms with Crippen LogP contribution < -0.4 is 10.1 Å². The van der Waals surface area contributed by atoms with Crippen molar-refractivity contribution in [2.45, 2.75) is 11.5 Å². The molecule has 5 rings (SSSR count). The summed E-state index contributed by atoms with van der Waals surface area (Å²) in [6.07, 6.45) is 0. The van der Waals surface area contributed by atoms with Crippen LogP contribution in [-0.2, 0) is 15.2 Å². The number of hydrogen-bond donors (Lipinski definition) is 1. The van der Waals surface area contributed by atoms with Gasteiger partial charge in [-0.25, -0.2) is 0 Å². The van der Waals surface area contributed by atoms with Crippen LogP contribution in [0, 0.1) is 0 Å². The highest BCUT2D eigenvalue weighted by atomic mass is 35.5. The Kier molecular flexibility index (Phi) is 4.07. The highest BCUT2D eigenvalue weighted by Crippen LogP contribution is 2.54. The van der Waals surface area contributed by atoms with Crippen LogP contribution in [0.25, 0.3) is 0 Å². The number of benzene rings is 3. The Hall–Kier alpha value is -3.31. The second-order valence-corrected chi connectivity index (χ2v) is 7.40. The second kappa shape index (κ2) is 6.64. The maximum Gasteiger partial charge on any atom is 0.277 e. The predicted octanol–water partition coefficient (Wildman–Crippen LogP) is 4.71. The molecule has 0 radical (unpaired) electrons. The van der Waals surface area contributed by atoms with Gasteiger partial charge in [0.15, 0.2) is 0 Å². The Morgan fingerprint density at radius 3 is 2.52 bits per heavy atom. The van der Waals surface area contributed by atoms with E-state index in [-0.39, 0.29) is 5.91 Å². The molecule has 5 nitrogen and oxygen atoms in total. The summed E-state index contributed by atoms with van der Waals surface area (Å²) in [5.74, 6) is 0.0357. The minimum absolute atomic E-state index is 0.276. The first-order chi connectivity index (χ1) is 14.1. The summed E-state index contributed by atoms with van der Waals surface area (Å²) in [7, 11) is 1.62. The summed E-state index contributed by atoms with van der Waals surface area (Å²) < 4.78 is 5.26. The molecule has 2 aliphatic rings. The second-order valence-electron chi connectivity index (χ2n) is 6.99. The van der Waals surface area contributed by atoms with Crippen molar-refractivity contribution in [2.75, 3.05) is 12.4 Å². The number of carbonyl (C=O) groups is 1. The first-order valence-corrected chi connectivity index (χ1v) is 9.59. The summed E-state index contributed by atoms with van der Waals surface area (Å²) >= 11 is 6.36. The summed E-state index contributed by atoms with van der Waals surface area (Å²) in [4.78, 5) is 19.3. The molecule has 2 atom stereocenters. The van der Waals surface area contributed by atoms with Crippen molar-refractivity contribution in [1.29, 1.82) is 0 Å². The van der Waals surface area contributed by atoms with Gasteiger partial charge in [-0.15, -0.1) is 0 Å². The lowest BCUT2D eigenvalue weighted by Crippen LogP contribution is -2.41. The number of nitrogens with zero attached hydrogens (tertiary/aromatic N) is 1. The van der Waals surface area contributed by atoms with Crippen molar-refractivity contribution in [3.8, 4) is 5.75 Å². The third kappa shape index (κ3) is 2.54. The summed E-state index contributed by atoms with van der Waals surface area (Å²) in [5, 5.41) is 7.78. The Bertz CT molecular complexity index is 1130. The molecule has 1 spiro atoms. The van der Waals surface area contributed by atoms with Gasteiger partial charge in [0.05, 0.1) is 29.4 Å². The quantitative estimate of drug-likeness (QED) is 0.687. The van der Waals surface area contributed by atoms with E-state index < -0.39 is 11.5 Å². The topological polar surface area (TPSA) is 59.9 Å².